The molecule has 2 N–H and O–H groups in total. The molecule has 0 bridgehead atoms. The predicted octanol–water partition coefficient (Wildman–Crippen LogP) is 3.06. The number of benzene rings is 2. The van der Waals surface area contributed by atoms with Crippen molar-refractivity contribution in [3.63, 3.8) is 0 Å². The number of fused-ring (bicyclic) bond motifs is 3. The molecule has 1 aliphatic heterocycles. The van der Waals surface area contributed by atoms with E-state index in [0.717, 1.165) is 24.6 Å². The van der Waals surface area contributed by atoms with Gasteiger partial charge >= 0.3 is 0 Å². The molecule has 1 saturated heterocycles. The van der Waals surface area contributed by atoms with Gasteiger partial charge in [-0.05, 0) is 54.0 Å². The van der Waals surface area contributed by atoms with Crippen molar-refractivity contribution in [3.8, 4) is 5.75 Å². The highest BCUT2D eigenvalue weighted by molar-refractivity contribution is 7.85. The number of hydrogen-bond acceptors (Lipinski definition) is 4. The van der Waals surface area contributed by atoms with Crippen LogP contribution in [0.1, 0.15) is 29.0 Å². The summed E-state index contributed by atoms with van der Waals surface area (Å²) in [4.78, 5) is 0. The van der Waals surface area contributed by atoms with Gasteiger partial charge in [0.15, 0.2) is 0 Å². The molecule has 146 valence electrons. The predicted molar refractivity (Wildman–Crippen MR) is 107 cm³/mol. The minimum absolute atomic E-state index is 0.614. The van der Waals surface area contributed by atoms with Crippen molar-refractivity contribution in [1.82, 2.24) is 5.32 Å². The number of methoxy groups -OCH3 is 1. The molecule has 27 heavy (non-hydrogen) atoms. The van der Waals surface area contributed by atoms with E-state index in [1.807, 2.05) is 0 Å². The fraction of sp³-hybridized carbons (Fsp3) is 0.429. The Morgan fingerprint density at radius 1 is 1.19 bits per heavy atom. The molecular formula is C21H27NO4S. The van der Waals surface area contributed by atoms with Crippen molar-refractivity contribution >= 4 is 10.1 Å². The van der Waals surface area contributed by atoms with Crippen molar-refractivity contribution in [2.75, 3.05) is 19.9 Å². The van der Waals surface area contributed by atoms with E-state index < -0.39 is 10.1 Å². The average molecular weight is 390 g/mol. The zero-order valence-corrected chi connectivity index (χ0v) is 16.6. The van der Waals surface area contributed by atoms with Gasteiger partial charge in [0.1, 0.15) is 5.75 Å². The van der Waals surface area contributed by atoms with Crippen LogP contribution in [0.25, 0.3) is 0 Å². The molecule has 0 spiro atoms. The summed E-state index contributed by atoms with van der Waals surface area (Å²) >= 11 is 0. The largest absolute Gasteiger partial charge is 0.497 e. The normalized spacial score (nSPS) is 23.6. The van der Waals surface area contributed by atoms with Gasteiger partial charge in [0.05, 0.1) is 13.4 Å². The molecule has 1 fully saturated rings. The lowest BCUT2D eigenvalue weighted by atomic mass is 9.73. The SMILES string of the molecule is COc1ccc2c(c1)CCC1C(Cc3ccccc3)NCC21.CS(=O)(=O)O. The number of rotatable bonds is 3. The second kappa shape index (κ2) is 8.42. The Morgan fingerprint density at radius 2 is 1.89 bits per heavy atom. The monoisotopic (exact) mass is 389 g/mol. The molecule has 4 rings (SSSR count). The standard InChI is InChI=1S/C20H23NO.CH4O3S/c1-22-16-8-10-17-15(12-16)7-9-18-19(17)13-21-20(18)11-14-5-3-2-4-6-14;1-5(2,3)4/h2-6,8,10,12,18-21H,7,9,11,13H2,1H3;1H3,(H,2,3,4). The lowest BCUT2D eigenvalue weighted by Gasteiger charge is -2.31. The molecule has 2 aromatic rings. The summed E-state index contributed by atoms with van der Waals surface area (Å²) < 4.78 is 31.2. The van der Waals surface area contributed by atoms with Crippen LogP contribution in [0.15, 0.2) is 48.5 Å². The summed E-state index contributed by atoms with van der Waals surface area (Å²) in [6.45, 7) is 1.11. The maximum Gasteiger partial charge on any atom is 0.261 e. The Morgan fingerprint density at radius 3 is 2.56 bits per heavy atom. The average Bonchev–Trinajstić information content (AvgIpc) is 3.04. The van der Waals surface area contributed by atoms with Crippen molar-refractivity contribution in [2.45, 2.75) is 31.2 Å². The van der Waals surface area contributed by atoms with Gasteiger partial charge < -0.3 is 10.1 Å². The van der Waals surface area contributed by atoms with Gasteiger partial charge in [-0.2, -0.15) is 8.42 Å². The van der Waals surface area contributed by atoms with E-state index in [1.165, 1.54) is 24.0 Å². The number of hydrogen-bond donors (Lipinski definition) is 2. The lowest BCUT2D eigenvalue weighted by molar-refractivity contribution is 0.370. The third-order valence-corrected chi connectivity index (χ3v) is 5.43. The fourth-order valence-electron chi connectivity index (χ4n) is 4.31. The van der Waals surface area contributed by atoms with Gasteiger partial charge in [0.25, 0.3) is 10.1 Å². The summed E-state index contributed by atoms with van der Waals surface area (Å²) in [6, 6.07) is 18.1. The molecular weight excluding hydrogens is 362 g/mol. The Labute approximate surface area is 161 Å². The third-order valence-electron chi connectivity index (χ3n) is 5.43. The van der Waals surface area contributed by atoms with Crippen LogP contribution in [-0.2, 0) is 23.0 Å². The minimum Gasteiger partial charge on any atom is -0.497 e. The second-order valence-electron chi connectivity index (χ2n) is 7.31. The molecule has 0 radical (unpaired) electrons. The van der Waals surface area contributed by atoms with Gasteiger partial charge in [0.2, 0.25) is 0 Å². The number of nitrogens with one attached hydrogen (secondary N) is 1. The van der Waals surface area contributed by atoms with Crippen LogP contribution in [0.4, 0.5) is 0 Å². The van der Waals surface area contributed by atoms with Crippen molar-refractivity contribution < 1.29 is 17.7 Å². The summed E-state index contributed by atoms with van der Waals surface area (Å²) in [5, 5.41) is 3.79. The number of ether oxygens (including phenoxy) is 1. The first kappa shape index (κ1) is 19.9. The van der Waals surface area contributed by atoms with Gasteiger partial charge in [0, 0.05) is 18.5 Å². The van der Waals surface area contributed by atoms with E-state index in [2.05, 4.69) is 53.8 Å². The van der Waals surface area contributed by atoms with Crippen LogP contribution in [-0.4, -0.2) is 38.9 Å². The third kappa shape index (κ3) is 5.31. The molecule has 1 aliphatic carbocycles. The van der Waals surface area contributed by atoms with Gasteiger partial charge in [-0.3, -0.25) is 4.55 Å². The van der Waals surface area contributed by atoms with Crippen LogP contribution >= 0.6 is 0 Å². The minimum atomic E-state index is -3.67. The van der Waals surface area contributed by atoms with Crippen LogP contribution < -0.4 is 10.1 Å². The van der Waals surface area contributed by atoms with Crippen LogP contribution in [0, 0.1) is 5.92 Å². The van der Waals surface area contributed by atoms with Crippen LogP contribution in [0.2, 0.25) is 0 Å². The smallest absolute Gasteiger partial charge is 0.261 e. The highest BCUT2D eigenvalue weighted by Crippen LogP contribution is 2.42. The van der Waals surface area contributed by atoms with E-state index in [4.69, 9.17) is 9.29 Å². The first-order valence-corrected chi connectivity index (χ1v) is 11.1. The Balaban J connectivity index is 0.000000376. The number of aryl methyl sites for hydroxylation is 1. The summed E-state index contributed by atoms with van der Waals surface area (Å²) in [7, 11) is -1.92. The molecule has 3 atom stereocenters. The zero-order valence-electron chi connectivity index (χ0n) is 15.8. The molecule has 0 saturated carbocycles. The first-order chi connectivity index (χ1) is 12.8. The lowest BCUT2D eigenvalue weighted by Crippen LogP contribution is -2.31. The zero-order chi connectivity index (χ0) is 19.4. The second-order valence-corrected chi connectivity index (χ2v) is 8.78. The van der Waals surface area contributed by atoms with Gasteiger partial charge in [-0.25, -0.2) is 0 Å². The van der Waals surface area contributed by atoms with E-state index in [-0.39, 0.29) is 0 Å². The highest BCUT2D eigenvalue weighted by Gasteiger charge is 2.39. The fourth-order valence-corrected chi connectivity index (χ4v) is 4.31. The molecule has 5 nitrogen and oxygen atoms in total. The van der Waals surface area contributed by atoms with Crippen molar-refractivity contribution in [1.29, 1.82) is 0 Å². The molecule has 2 aromatic carbocycles. The van der Waals surface area contributed by atoms with Crippen LogP contribution in [0.3, 0.4) is 0 Å². The quantitative estimate of drug-likeness (QED) is 0.789. The maximum atomic E-state index is 9.19. The molecule has 2 aliphatic rings. The Kier molecular flexibility index (Phi) is 6.19. The Bertz CT molecular complexity index is 859. The Hall–Kier alpha value is -1.89. The van der Waals surface area contributed by atoms with E-state index >= 15 is 0 Å². The van der Waals surface area contributed by atoms with Crippen molar-refractivity contribution in [2.24, 2.45) is 5.92 Å². The van der Waals surface area contributed by atoms with Gasteiger partial charge in [-0.1, -0.05) is 36.4 Å². The van der Waals surface area contributed by atoms with E-state index in [9.17, 15) is 8.42 Å². The molecule has 6 heteroatoms. The van der Waals surface area contributed by atoms with Gasteiger partial charge in [-0.15, -0.1) is 0 Å². The first-order valence-electron chi connectivity index (χ1n) is 9.21. The highest BCUT2D eigenvalue weighted by atomic mass is 32.2. The topological polar surface area (TPSA) is 75.6 Å². The molecule has 0 amide bonds. The van der Waals surface area contributed by atoms with E-state index in [0.29, 0.717) is 18.2 Å². The summed E-state index contributed by atoms with van der Waals surface area (Å²) in [6.07, 6.45) is 4.33. The summed E-state index contributed by atoms with van der Waals surface area (Å²) in [5.41, 5.74) is 4.48. The van der Waals surface area contributed by atoms with Crippen LogP contribution in [0.5, 0.6) is 5.75 Å². The molecule has 1 heterocycles. The van der Waals surface area contributed by atoms with Crippen molar-refractivity contribution in [3.05, 3.63) is 65.2 Å². The molecule has 0 aromatic heterocycles. The van der Waals surface area contributed by atoms with E-state index in [1.54, 1.807) is 12.7 Å². The molecule has 3 unspecified atom stereocenters. The maximum absolute atomic E-state index is 9.19. The summed E-state index contributed by atoms with van der Waals surface area (Å²) in [5.74, 6) is 2.42.